The zero-order valence-corrected chi connectivity index (χ0v) is 14.5. The Morgan fingerprint density at radius 2 is 1.96 bits per heavy atom. The maximum atomic E-state index is 12.8. The Bertz CT molecular complexity index is 963. The highest BCUT2D eigenvalue weighted by atomic mass is 19.4. The van der Waals surface area contributed by atoms with Crippen LogP contribution in [0.25, 0.3) is 16.6 Å². The number of hydrogen-bond acceptors (Lipinski definition) is 4. The second-order valence-electron chi connectivity index (χ2n) is 6.56. The number of allylic oxidation sites excluding steroid dienone is 1. The van der Waals surface area contributed by atoms with Crippen molar-refractivity contribution < 1.29 is 23.1 Å². The van der Waals surface area contributed by atoms with Crippen LogP contribution in [0.4, 0.5) is 13.2 Å². The van der Waals surface area contributed by atoms with Crippen molar-refractivity contribution in [1.82, 2.24) is 14.9 Å². The predicted molar refractivity (Wildman–Crippen MR) is 91.3 cm³/mol. The minimum absolute atomic E-state index is 0.107. The lowest BCUT2D eigenvalue weighted by atomic mass is 9.91. The van der Waals surface area contributed by atoms with Crippen LogP contribution < -0.4 is 5.32 Å². The summed E-state index contributed by atoms with van der Waals surface area (Å²) in [5, 5.41) is 22.3. The minimum atomic E-state index is -5.08. The van der Waals surface area contributed by atoms with Gasteiger partial charge >= 0.3 is 12.1 Å². The van der Waals surface area contributed by atoms with Crippen molar-refractivity contribution in [2.75, 3.05) is 0 Å². The van der Waals surface area contributed by atoms with Gasteiger partial charge in [0.05, 0.1) is 16.6 Å². The van der Waals surface area contributed by atoms with Gasteiger partial charge in [-0.05, 0) is 25.0 Å². The maximum Gasteiger partial charge on any atom is 0.471 e. The molecule has 1 aromatic heterocycles. The van der Waals surface area contributed by atoms with Crippen LogP contribution in [-0.4, -0.2) is 32.3 Å². The Morgan fingerprint density at radius 3 is 2.52 bits per heavy atom. The molecule has 0 aliphatic heterocycles. The SMILES string of the molecule is Cn1c(/C(C#N)=C(\O)C2(NC(=O)C(F)(F)F)CCCC2)nc2ccccc21. The van der Waals surface area contributed by atoms with Gasteiger partial charge in [-0.1, -0.05) is 25.0 Å². The molecule has 1 heterocycles. The van der Waals surface area contributed by atoms with Crippen LogP contribution >= 0.6 is 0 Å². The summed E-state index contributed by atoms with van der Waals surface area (Å²) in [6, 6.07) is 8.89. The molecule has 1 aliphatic carbocycles. The van der Waals surface area contributed by atoms with Crippen LogP contribution in [0.2, 0.25) is 0 Å². The van der Waals surface area contributed by atoms with Gasteiger partial charge in [-0.25, -0.2) is 4.98 Å². The molecular formula is C18H17F3N4O2. The number of nitrogens with zero attached hydrogens (tertiary/aromatic N) is 3. The van der Waals surface area contributed by atoms with E-state index in [1.807, 2.05) is 11.4 Å². The van der Waals surface area contributed by atoms with Gasteiger partial charge < -0.3 is 15.0 Å². The number of benzene rings is 1. The first-order chi connectivity index (χ1) is 12.7. The smallest absolute Gasteiger partial charge is 0.471 e. The third-order valence-corrected chi connectivity index (χ3v) is 4.88. The molecule has 1 aliphatic rings. The Labute approximate surface area is 152 Å². The third-order valence-electron chi connectivity index (χ3n) is 4.88. The number of carbonyl (C=O) groups is 1. The zero-order chi connectivity index (χ0) is 19.8. The second kappa shape index (κ2) is 6.61. The van der Waals surface area contributed by atoms with Crippen molar-refractivity contribution in [2.24, 2.45) is 7.05 Å². The van der Waals surface area contributed by atoms with Crippen molar-refractivity contribution in [3.63, 3.8) is 0 Å². The normalized spacial score (nSPS) is 17.4. The highest BCUT2D eigenvalue weighted by Crippen LogP contribution is 2.39. The fourth-order valence-corrected chi connectivity index (χ4v) is 3.51. The number of aromatic nitrogens is 2. The summed E-state index contributed by atoms with van der Waals surface area (Å²) in [5.41, 5.74) is -0.600. The van der Waals surface area contributed by atoms with E-state index in [2.05, 4.69) is 4.98 Å². The van der Waals surface area contributed by atoms with E-state index in [1.54, 1.807) is 35.9 Å². The average molecular weight is 378 g/mol. The second-order valence-corrected chi connectivity index (χ2v) is 6.56. The van der Waals surface area contributed by atoms with Crippen molar-refractivity contribution in [3.05, 3.63) is 35.8 Å². The summed E-state index contributed by atoms with van der Waals surface area (Å²) in [6.45, 7) is 0. The van der Waals surface area contributed by atoms with Crippen LogP contribution in [0, 0.1) is 11.3 Å². The molecule has 2 N–H and O–H groups in total. The number of fused-ring (bicyclic) bond motifs is 1. The highest BCUT2D eigenvalue weighted by molar-refractivity contribution is 5.86. The van der Waals surface area contributed by atoms with E-state index in [4.69, 9.17) is 0 Å². The van der Waals surface area contributed by atoms with Crippen molar-refractivity contribution in [1.29, 1.82) is 5.26 Å². The number of para-hydroxylation sites is 2. The van der Waals surface area contributed by atoms with Gasteiger partial charge in [0.25, 0.3) is 0 Å². The fraction of sp³-hybridized carbons (Fsp3) is 0.389. The maximum absolute atomic E-state index is 12.8. The molecule has 9 heteroatoms. The number of imidazole rings is 1. The molecule has 1 saturated carbocycles. The molecule has 0 bridgehead atoms. The van der Waals surface area contributed by atoms with Crippen LogP contribution in [0.3, 0.4) is 0 Å². The van der Waals surface area contributed by atoms with Gasteiger partial charge in [-0.3, -0.25) is 4.79 Å². The quantitative estimate of drug-likeness (QED) is 0.633. The Kier molecular flexibility index (Phi) is 4.59. The molecule has 27 heavy (non-hydrogen) atoms. The molecule has 0 radical (unpaired) electrons. The first-order valence-corrected chi connectivity index (χ1v) is 8.34. The van der Waals surface area contributed by atoms with Gasteiger partial charge in [-0.15, -0.1) is 0 Å². The van der Waals surface area contributed by atoms with E-state index < -0.39 is 23.4 Å². The first kappa shape index (κ1) is 18.8. The molecule has 0 atom stereocenters. The number of amides is 1. The molecule has 6 nitrogen and oxygen atoms in total. The number of rotatable bonds is 3. The van der Waals surface area contributed by atoms with E-state index in [9.17, 15) is 28.3 Å². The summed E-state index contributed by atoms with van der Waals surface area (Å²) in [4.78, 5) is 15.8. The molecule has 0 spiro atoms. The van der Waals surface area contributed by atoms with E-state index in [-0.39, 0.29) is 24.2 Å². The predicted octanol–water partition coefficient (Wildman–Crippen LogP) is 3.36. The van der Waals surface area contributed by atoms with E-state index >= 15 is 0 Å². The average Bonchev–Trinajstić information content (AvgIpc) is 3.21. The number of nitrogens with one attached hydrogen (secondary N) is 1. The number of aryl methyl sites for hydroxylation is 1. The van der Waals surface area contributed by atoms with Gasteiger partial charge in [0.1, 0.15) is 17.4 Å². The third kappa shape index (κ3) is 3.23. The number of halogens is 3. The van der Waals surface area contributed by atoms with Crippen LogP contribution in [-0.2, 0) is 11.8 Å². The lowest BCUT2D eigenvalue weighted by Crippen LogP contribution is -2.52. The van der Waals surface area contributed by atoms with Gasteiger partial charge in [0.2, 0.25) is 0 Å². The summed E-state index contributed by atoms with van der Waals surface area (Å²) in [7, 11) is 1.64. The van der Waals surface area contributed by atoms with Gasteiger partial charge in [-0.2, -0.15) is 18.4 Å². The monoisotopic (exact) mass is 378 g/mol. The number of aliphatic hydroxyl groups is 1. The number of alkyl halides is 3. The zero-order valence-electron chi connectivity index (χ0n) is 14.5. The van der Waals surface area contributed by atoms with Crippen LogP contribution in [0.5, 0.6) is 0 Å². The summed E-state index contributed by atoms with van der Waals surface area (Å²) >= 11 is 0. The van der Waals surface area contributed by atoms with Crippen molar-refractivity contribution in [3.8, 4) is 6.07 Å². The number of carbonyl (C=O) groups excluding carboxylic acids is 1. The van der Waals surface area contributed by atoms with E-state index in [1.165, 1.54) is 0 Å². The van der Waals surface area contributed by atoms with Crippen molar-refractivity contribution >= 4 is 22.5 Å². The largest absolute Gasteiger partial charge is 0.508 e. The summed E-state index contributed by atoms with van der Waals surface area (Å²) in [5.74, 6) is -2.60. The molecule has 142 valence electrons. The van der Waals surface area contributed by atoms with Gasteiger partial charge in [0, 0.05) is 7.05 Å². The van der Waals surface area contributed by atoms with Crippen LogP contribution in [0.1, 0.15) is 31.5 Å². The van der Waals surface area contributed by atoms with Gasteiger partial charge in [0.15, 0.2) is 5.82 Å². The van der Waals surface area contributed by atoms with E-state index in [0.29, 0.717) is 23.9 Å². The minimum Gasteiger partial charge on any atom is -0.508 e. The first-order valence-electron chi connectivity index (χ1n) is 8.34. The van der Waals surface area contributed by atoms with E-state index in [0.717, 1.165) is 0 Å². The van der Waals surface area contributed by atoms with Crippen molar-refractivity contribution in [2.45, 2.75) is 37.4 Å². The molecule has 1 aromatic carbocycles. The van der Waals surface area contributed by atoms with Crippen LogP contribution in [0.15, 0.2) is 30.0 Å². The standard InChI is InChI=1S/C18H17F3N4O2/c1-25-13-7-3-2-6-12(13)23-15(25)11(10-22)14(26)17(8-4-5-9-17)24-16(27)18(19,20)21/h2-3,6-7,26H,4-5,8-9H2,1H3,(H,24,27)/b14-11-. The molecule has 1 fully saturated rings. The molecule has 2 aromatic rings. The molecular weight excluding hydrogens is 361 g/mol. The number of aliphatic hydroxyl groups excluding tert-OH is 1. The molecule has 0 unspecified atom stereocenters. The molecule has 1 amide bonds. The number of hydrogen-bond donors (Lipinski definition) is 2. The lowest BCUT2D eigenvalue weighted by molar-refractivity contribution is -0.175. The fourth-order valence-electron chi connectivity index (χ4n) is 3.51. The Morgan fingerprint density at radius 1 is 1.33 bits per heavy atom. The Balaban J connectivity index is 2.12. The Hall–Kier alpha value is -3.02. The summed E-state index contributed by atoms with van der Waals surface area (Å²) in [6.07, 6.45) is -3.83. The topological polar surface area (TPSA) is 90.9 Å². The summed E-state index contributed by atoms with van der Waals surface area (Å²) < 4.78 is 39.8. The lowest BCUT2D eigenvalue weighted by Gasteiger charge is -2.30. The number of nitriles is 1. The molecule has 0 saturated heterocycles. The highest BCUT2D eigenvalue weighted by Gasteiger charge is 2.48. The molecule has 3 rings (SSSR count).